The maximum absolute atomic E-state index is 12.6. The molecule has 4 aromatic rings. The van der Waals surface area contributed by atoms with Crippen molar-refractivity contribution in [3.05, 3.63) is 88.2 Å². The molecule has 0 saturated carbocycles. The number of rotatable bonds is 4. The molecule has 2 N–H and O–H groups in total. The van der Waals surface area contributed by atoms with Gasteiger partial charge in [0.2, 0.25) is 0 Å². The van der Waals surface area contributed by atoms with Crippen molar-refractivity contribution in [2.24, 2.45) is 0 Å². The Bertz CT molecular complexity index is 1130. The predicted octanol–water partition coefficient (Wildman–Crippen LogP) is 4.95. The Balaban J connectivity index is 1.26. The van der Waals surface area contributed by atoms with Crippen LogP contribution in [0.3, 0.4) is 0 Å². The molecule has 6 heteroatoms. The van der Waals surface area contributed by atoms with Gasteiger partial charge in [-0.2, -0.15) is 5.10 Å². The average molecular weight is 401 g/mol. The van der Waals surface area contributed by atoms with Crippen LogP contribution in [0.4, 0.5) is 11.4 Å². The Morgan fingerprint density at radius 2 is 1.90 bits per heavy atom. The number of fused-ring (bicyclic) bond motifs is 1. The summed E-state index contributed by atoms with van der Waals surface area (Å²) in [5.74, 6) is -0.201. The summed E-state index contributed by atoms with van der Waals surface area (Å²) in [6.07, 6.45) is 1.09. The molecule has 0 saturated heterocycles. The Labute approximate surface area is 173 Å². The van der Waals surface area contributed by atoms with Crippen molar-refractivity contribution in [2.75, 3.05) is 16.8 Å². The van der Waals surface area contributed by atoms with Crippen molar-refractivity contribution in [1.82, 2.24) is 10.2 Å². The van der Waals surface area contributed by atoms with Crippen LogP contribution in [0.5, 0.6) is 0 Å². The first-order chi connectivity index (χ1) is 14.3. The molecule has 0 aliphatic carbocycles. The molecule has 0 fully saturated rings. The quantitative estimate of drug-likeness (QED) is 0.509. The monoisotopic (exact) mass is 400 g/mol. The summed E-state index contributed by atoms with van der Waals surface area (Å²) < 4.78 is 0. The Morgan fingerprint density at radius 3 is 2.72 bits per heavy atom. The lowest BCUT2D eigenvalue weighted by Crippen LogP contribution is -2.29. The minimum absolute atomic E-state index is 0.201. The fourth-order valence-corrected chi connectivity index (χ4v) is 4.51. The fourth-order valence-electron chi connectivity index (χ4n) is 3.62. The van der Waals surface area contributed by atoms with Gasteiger partial charge in [0.1, 0.15) is 5.69 Å². The first-order valence-electron chi connectivity index (χ1n) is 9.59. The molecule has 0 radical (unpaired) electrons. The fraction of sp³-hybridized carbons (Fsp3) is 0.130. The molecule has 0 bridgehead atoms. The molecular formula is C23H20N4OS. The summed E-state index contributed by atoms with van der Waals surface area (Å²) in [5.41, 5.74) is 5.53. The molecule has 1 aliphatic heterocycles. The van der Waals surface area contributed by atoms with Crippen LogP contribution < -0.4 is 10.2 Å². The SMILES string of the molecule is O=C(Nc1ccc(N2CCc3sccc3C2)cc1)c1cc(-c2ccccc2)n[nH]1. The molecule has 2 aromatic carbocycles. The summed E-state index contributed by atoms with van der Waals surface area (Å²) in [4.78, 5) is 16.4. The van der Waals surface area contributed by atoms with Crippen LogP contribution in [-0.2, 0) is 13.0 Å². The lowest BCUT2D eigenvalue weighted by atomic mass is 10.1. The Morgan fingerprint density at radius 1 is 1.07 bits per heavy atom. The Hall–Kier alpha value is -3.38. The number of H-pyrrole nitrogens is 1. The van der Waals surface area contributed by atoms with Crippen molar-refractivity contribution in [2.45, 2.75) is 13.0 Å². The minimum Gasteiger partial charge on any atom is -0.367 e. The average Bonchev–Trinajstić information content (AvgIpc) is 3.44. The van der Waals surface area contributed by atoms with E-state index in [2.05, 4.69) is 44.0 Å². The van der Waals surface area contributed by atoms with Crippen molar-refractivity contribution >= 4 is 28.6 Å². The van der Waals surface area contributed by atoms with Gasteiger partial charge < -0.3 is 10.2 Å². The maximum Gasteiger partial charge on any atom is 0.273 e. The highest BCUT2D eigenvalue weighted by atomic mass is 32.1. The highest BCUT2D eigenvalue weighted by Gasteiger charge is 2.17. The maximum atomic E-state index is 12.6. The normalized spacial score (nSPS) is 13.2. The highest BCUT2D eigenvalue weighted by molar-refractivity contribution is 7.10. The van der Waals surface area contributed by atoms with Crippen molar-refractivity contribution in [3.8, 4) is 11.3 Å². The molecule has 2 aromatic heterocycles. The molecule has 1 aliphatic rings. The van der Waals surface area contributed by atoms with Crippen LogP contribution in [0, 0.1) is 0 Å². The smallest absolute Gasteiger partial charge is 0.273 e. The van der Waals surface area contributed by atoms with Gasteiger partial charge in [0.25, 0.3) is 5.91 Å². The Kier molecular flexibility index (Phi) is 4.62. The van der Waals surface area contributed by atoms with Crippen molar-refractivity contribution < 1.29 is 4.79 Å². The molecule has 5 nitrogen and oxygen atoms in total. The molecule has 0 spiro atoms. The number of anilines is 2. The van der Waals surface area contributed by atoms with Gasteiger partial charge in [-0.1, -0.05) is 30.3 Å². The van der Waals surface area contributed by atoms with Crippen molar-refractivity contribution in [1.29, 1.82) is 0 Å². The first kappa shape index (κ1) is 17.7. The van der Waals surface area contributed by atoms with Gasteiger partial charge in [0.05, 0.1) is 5.69 Å². The van der Waals surface area contributed by atoms with Crippen molar-refractivity contribution in [3.63, 3.8) is 0 Å². The van der Waals surface area contributed by atoms with E-state index < -0.39 is 0 Å². The molecule has 0 atom stereocenters. The molecular weight excluding hydrogens is 380 g/mol. The third-order valence-corrected chi connectivity index (χ3v) is 6.21. The lowest BCUT2D eigenvalue weighted by Gasteiger charge is -2.29. The molecule has 0 unspecified atom stereocenters. The van der Waals surface area contributed by atoms with E-state index in [-0.39, 0.29) is 5.91 Å². The summed E-state index contributed by atoms with van der Waals surface area (Å²) in [7, 11) is 0. The lowest BCUT2D eigenvalue weighted by molar-refractivity contribution is 0.102. The number of nitrogens with zero attached hydrogens (tertiary/aromatic N) is 2. The largest absolute Gasteiger partial charge is 0.367 e. The molecule has 3 heterocycles. The molecule has 1 amide bonds. The standard InChI is InChI=1S/C23H20N4OS/c28-23(21-14-20(25-26-21)16-4-2-1-3-5-16)24-18-6-8-19(9-7-18)27-12-10-22-17(15-27)11-13-29-22/h1-9,11,13-14H,10,12,15H2,(H,24,28)(H,25,26). The number of carbonyl (C=O) groups excluding carboxylic acids is 1. The van der Waals surface area contributed by atoms with Gasteiger partial charge >= 0.3 is 0 Å². The number of carbonyl (C=O) groups is 1. The number of aromatic amines is 1. The van der Waals surface area contributed by atoms with Crippen LogP contribution in [0.1, 0.15) is 20.9 Å². The second-order valence-electron chi connectivity index (χ2n) is 7.07. The topological polar surface area (TPSA) is 61.0 Å². The van der Waals surface area contributed by atoms with Gasteiger partial charge in [-0.3, -0.25) is 9.89 Å². The van der Waals surface area contributed by atoms with Gasteiger partial charge in [0.15, 0.2) is 0 Å². The van der Waals surface area contributed by atoms with Crippen LogP contribution in [-0.4, -0.2) is 22.6 Å². The van der Waals surface area contributed by atoms with E-state index in [0.29, 0.717) is 5.69 Å². The summed E-state index contributed by atoms with van der Waals surface area (Å²) >= 11 is 1.85. The summed E-state index contributed by atoms with van der Waals surface area (Å²) in [6, 6.07) is 21.8. The third kappa shape index (κ3) is 3.67. The van der Waals surface area contributed by atoms with Gasteiger partial charge in [-0.25, -0.2) is 0 Å². The van der Waals surface area contributed by atoms with E-state index in [0.717, 1.165) is 36.5 Å². The van der Waals surface area contributed by atoms with Gasteiger partial charge in [0, 0.05) is 34.9 Å². The van der Waals surface area contributed by atoms with Gasteiger partial charge in [-0.05, 0) is 53.8 Å². The number of hydrogen-bond donors (Lipinski definition) is 2. The van der Waals surface area contributed by atoms with Crippen LogP contribution >= 0.6 is 11.3 Å². The van der Waals surface area contributed by atoms with E-state index in [1.165, 1.54) is 16.1 Å². The molecule has 144 valence electrons. The zero-order valence-corrected chi connectivity index (χ0v) is 16.6. The third-order valence-electron chi connectivity index (χ3n) is 5.19. The summed E-state index contributed by atoms with van der Waals surface area (Å²) in [6.45, 7) is 1.97. The number of benzene rings is 2. The zero-order valence-electron chi connectivity index (χ0n) is 15.8. The molecule has 29 heavy (non-hydrogen) atoms. The van der Waals surface area contributed by atoms with E-state index in [1.54, 1.807) is 6.07 Å². The second kappa shape index (κ2) is 7.56. The minimum atomic E-state index is -0.201. The van der Waals surface area contributed by atoms with E-state index in [4.69, 9.17) is 0 Å². The zero-order chi connectivity index (χ0) is 19.6. The second-order valence-corrected chi connectivity index (χ2v) is 8.08. The number of hydrogen-bond acceptors (Lipinski definition) is 4. The molecule has 5 rings (SSSR count). The van der Waals surface area contributed by atoms with Crippen LogP contribution in [0.25, 0.3) is 11.3 Å². The number of thiophene rings is 1. The highest BCUT2D eigenvalue weighted by Crippen LogP contribution is 2.28. The van der Waals surface area contributed by atoms with E-state index in [9.17, 15) is 4.79 Å². The first-order valence-corrected chi connectivity index (χ1v) is 10.5. The van der Waals surface area contributed by atoms with Gasteiger partial charge in [-0.15, -0.1) is 11.3 Å². The van der Waals surface area contributed by atoms with Crippen LogP contribution in [0.15, 0.2) is 72.1 Å². The van der Waals surface area contributed by atoms with E-state index in [1.807, 2.05) is 53.8 Å². The summed E-state index contributed by atoms with van der Waals surface area (Å²) in [5, 5.41) is 12.2. The van der Waals surface area contributed by atoms with Crippen LogP contribution in [0.2, 0.25) is 0 Å². The predicted molar refractivity (Wildman–Crippen MR) is 117 cm³/mol. The number of amides is 1. The number of aromatic nitrogens is 2. The number of nitrogens with one attached hydrogen (secondary N) is 2. The van der Waals surface area contributed by atoms with E-state index >= 15 is 0 Å².